The van der Waals surface area contributed by atoms with E-state index in [0.717, 1.165) is 24.8 Å². The number of hydrogen-bond donors (Lipinski definition) is 2. The van der Waals surface area contributed by atoms with Gasteiger partial charge in [0.15, 0.2) is 0 Å². The van der Waals surface area contributed by atoms with Gasteiger partial charge in [0, 0.05) is 19.2 Å². The first kappa shape index (κ1) is 12.3. The summed E-state index contributed by atoms with van der Waals surface area (Å²) in [4.78, 5) is 2.60. The molecule has 94 valence electrons. The molecule has 2 unspecified atom stereocenters. The number of aliphatic hydroxyl groups excluding tert-OH is 1. The van der Waals surface area contributed by atoms with Crippen molar-refractivity contribution in [2.75, 3.05) is 32.8 Å². The van der Waals surface area contributed by atoms with Gasteiger partial charge in [-0.05, 0) is 64.1 Å². The average molecular weight is 226 g/mol. The predicted molar refractivity (Wildman–Crippen MR) is 66.5 cm³/mol. The van der Waals surface area contributed by atoms with Gasteiger partial charge in [0.1, 0.15) is 0 Å². The van der Waals surface area contributed by atoms with Gasteiger partial charge in [0.2, 0.25) is 0 Å². The fraction of sp³-hybridized carbons (Fsp3) is 1.00. The summed E-state index contributed by atoms with van der Waals surface area (Å²) < 4.78 is 0. The third-order valence-electron chi connectivity index (χ3n) is 4.09. The Morgan fingerprint density at radius 1 is 1.19 bits per heavy atom. The molecule has 0 aromatic rings. The number of nitrogens with one attached hydrogen (secondary N) is 1. The van der Waals surface area contributed by atoms with Crippen molar-refractivity contribution in [3.8, 4) is 0 Å². The van der Waals surface area contributed by atoms with Crippen LogP contribution in [0.3, 0.4) is 0 Å². The smallest absolute Gasteiger partial charge is 0.0431 e. The Hall–Kier alpha value is -0.120. The lowest BCUT2D eigenvalue weighted by Crippen LogP contribution is -2.43. The molecule has 3 heteroatoms. The molecule has 16 heavy (non-hydrogen) atoms. The van der Waals surface area contributed by atoms with E-state index in [-0.39, 0.29) is 0 Å². The molecule has 2 fully saturated rings. The molecule has 2 aliphatic heterocycles. The van der Waals surface area contributed by atoms with Crippen molar-refractivity contribution in [3.05, 3.63) is 0 Å². The fourth-order valence-corrected chi connectivity index (χ4v) is 3.18. The normalized spacial score (nSPS) is 32.1. The van der Waals surface area contributed by atoms with Gasteiger partial charge in [0.05, 0.1) is 0 Å². The highest BCUT2D eigenvalue weighted by Crippen LogP contribution is 2.24. The van der Waals surface area contributed by atoms with Crippen LogP contribution in [0.25, 0.3) is 0 Å². The molecule has 2 aliphatic rings. The van der Waals surface area contributed by atoms with E-state index in [0.29, 0.717) is 6.61 Å². The van der Waals surface area contributed by atoms with Gasteiger partial charge in [-0.15, -0.1) is 0 Å². The van der Waals surface area contributed by atoms with Gasteiger partial charge in [0.25, 0.3) is 0 Å². The van der Waals surface area contributed by atoms with Crippen molar-refractivity contribution in [1.82, 2.24) is 10.2 Å². The van der Waals surface area contributed by atoms with Crippen LogP contribution in [-0.4, -0.2) is 48.8 Å². The van der Waals surface area contributed by atoms with Crippen molar-refractivity contribution in [2.45, 2.75) is 44.6 Å². The summed E-state index contributed by atoms with van der Waals surface area (Å²) in [6, 6.07) is 0.792. The third-order valence-corrected chi connectivity index (χ3v) is 4.09. The lowest BCUT2D eigenvalue weighted by molar-refractivity contribution is 0.146. The highest BCUT2D eigenvalue weighted by atomic mass is 16.2. The minimum Gasteiger partial charge on any atom is -0.396 e. The first-order chi connectivity index (χ1) is 7.90. The molecular formula is C13H26N2O. The number of aliphatic hydroxyl groups is 1. The zero-order valence-electron chi connectivity index (χ0n) is 10.3. The second kappa shape index (κ2) is 6.58. The average Bonchev–Trinajstić information content (AvgIpc) is 2.83. The molecule has 3 nitrogen and oxygen atoms in total. The second-order valence-corrected chi connectivity index (χ2v) is 5.34. The summed E-state index contributed by atoms with van der Waals surface area (Å²) in [5.41, 5.74) is 0. The monoisotopic (exact) mass is 226 g/mol. The van der Waals surface area contributed by atoms with Gasteiger partial charge in [-0.1, -0.05) is 0 Å². The third kappa shape index (κ3) is 3.44. The number of likely N-dealkylation sites (tertiary alicyclic amines) is 1. The van der Waals surface area contributed by atoms with Gasteiger partial charge in [-0.25, -0.2) is 0 Å². The number of rotatable bonds is 5. The highest BCUT2D eigenvalue weighted by molar-refractivity contribution is 4.86. The van der Waals surface area contributed by atoms with E-state index in [2.05, 4.69) is 10.2 Å². The zero-order chi connectivity index (χ0) is 11.2. The van der Waals surface area contributed by atoms with Crippen molar-refractivity contribution >= 4 is 0 Å². The summed E-state index contributed by atoms with van der Waals surface area (Å²) in [6.07, 6.45) is 7.64. The standard InChI is InChI=1S/C13H26N2O/c16-10-2-1-8-15-9-4-5-12(11-15)13-6-3-7-14-13/h12-14,16H,1-11H2. The summed E-state index contributed by atoms with van der Waals surface area (Å²) in [5, 5.41) is 12.4. The zero-order valence-corrected chi connectivity index (χ0v) is 10.3. The number of piperidine rings is 1. The summed E-state index contributed by atoms with van der Waals surface area (Å²) in [5.74, 6) is 0.880. The minimum absolute atomic E-state index is 0.349. The van der Waals surface area contributed by atoms with Gasteiger partial charge < -0.3 is 15.3 Å². The van der Waals surface area contributed by atoms with Crippen LogP contribution < -0.4 is 5.32 Å². The molecule has 2 heterocycles. The Morgan fingerprint density at radius 3 is 2.88 bits per heavy atom. The van der Waals surface area contributed by atoms with E-state index >= 15 is 0 Å². The Morgan fingerprint density at radius 2 is 2.12 bits per heavy atom. The van der Waals surface area contributed by atoms with Gasteiger partial charge in [-0.2, -0.15) is 0 Å². The SMILES string of the molecule is OCCCCN1CCCC(C2CCCN2)C1. The maximum atomic E-state index is 8.79. The van der Waals surface area contributed by atoms with Crippen molar-refractivity contribution in [1.29, 1.82) is 0 Å². The van der Waals surface area contributed by atoms with Crippen molar-refractivity contribution in [2.24, 2.45) is 5.92 Å². The lowest BCUT2D eigenvalue weighted by Gasteiger charge is -2.35. The molecule has 0 amide bonds. The van der Waals surface area contributed by atoms with E-state index in [1.807, 2.05) is 0 Å². The van der Waals surface area contributed by atoms with Crippen molar-refractivity contribution in [3.63, 3.8) is 0 Å². The van der Waals surface area contributed by atoms with Crippen LogP contribution in [-0.2, 0) is 0 Å². The molecule has 0 spiro atoms. The number of nitrogens with zero attached hydrogens (tertiary/aromatic N) is 1. The molecule has 2 N–H and O–H groups in total. The van der Waals surface area contributed by atoms with E-state index in [1.165, 1.54) is 51.9 Å². The molecule has 0 radical (unpaired) electrons. The largest absolute Gasteiger partial charge is 0.396 e. The summed E-state index contributed by atoms with van der Waals surface area (Å²) in [6.45, 7) is 5.31. The van der Waals surface area contributed by atoms with Crippen LogP contribution in [0, 0.1) is 5.92 Å². The maximum absolute atomic E-state index is 8.79. The fourth-order valence-electron chi connectivity index (χ4n) is 3.18. The Labute approximate surface area is 99.2 Å². The first-order valence-electron chi connectivity index (χ1n) is 6.97. The molecule has 0 saturated carbocycles. The van der Waals surface area contributed by atoms with Crippen LogP contribution >= 0.6 is 0 Å². The van der Waals surface area contributed by atoms with Crippen LogP contribution in [0.2, 0.25) is 0 Å². The minimum atomic E-state index is 0.349. The van der Waals surface area contributed by atoms with Crippen LogP contribution in [0.5, 0.6) is 0 Å². The molecule has 0 aromatic heterocycles. The lowest BCUT2D eigenvalue weighted by atomic mass is 9.89. The molecule has 0 aliphatic carbocycles. The van der Waals surface area contributed by atoms with E-state index < -0.39 is 0 Å². The second-order valence-electron chi connectivity index (χ2n) is 5.34. The van der Waals surface area contributed by atoms with Crippen molar-refractivity contribution < 1.29 is 5.11 Å². The molecule has 0 bridgehead atoms. The Balaban J connectivity index is 1.70. The van der Waals surface area contributed by atoms with Crippen LogP contribution in [0.15, 0.2) is 0 Å². The molecule has 0 aromatic carbocycles. The van der Waals surface area contributed by atoms with Crippen LogP contribution in [0.1, 0.15) is 38.5 Å². The maximum Gasteiger partial charge on any atom is 0.0431 e. The quantitative estimate of drug-likeness (QED) is 0.692. The van der Waals surface area contributed by atoms with Gasteiger partial charge >= 0.3 is 0 Å². The van der Waals surface area contributed by atoms with E-state index in [9.17, 15) is 0 Å². The van der Waals surface area contributed by atoms with E-state index in [1.54, 1.807) is 0 Å². The number of hydrogen-bond acceptors (Lipinski definition) is 3. The predicted octanol–water partition coefficient (Wildman–Crippen LogP) is 1.22. The van der Waals surface area contributed by atoms with E-state index in [4.69, 9.17) is 5.11 Å². The summed E-state index contributed by atoms with van der Waals surface area (Å²) >= 11 is 0. The molecular weight excluding hydrogens is 200 g/mol. The van der Waals surface area contributed by atoms with Gasteiger partial charge in [-0.3, -0.25) is 0 Å². The molecule has 2 atom stereocenters. The Bertz CT molecular complexity index is 192. The molecule has 2 saturated heterocycles. The van der Waals surface area contributed by atoms with Crippen LogP contribution in [0.4, 0.5) is 0 Å². The first-order valence-corrected chi connectivity index (χ1v) is 6.97. The summed E-state index contributed by atoms with van der Waals surface area (Å²) in [7, 11) is 0. The topological polar surface area (TPSA) is 35.5 Å². The Kier molecular flexibility index (Phi) is 5.07. The highest BCUT2D eigenvalue weighted by Gasteiger charge is 2.28. The number of unbranched alkanes of at least 4 members (excludes halogenated alkanes) is 1. The molecule has 2 rings (SSSR count).